The highest BCUT2D eigenvalue weighted by molar-refractivity contribution is 9.10. The van der Waals surface area contributed by atoms with Crippen molar-refractivity contribution < 1.29 is 0 Å². The van der Waals surface area contributed by atoms with Gasteiger partial charge in [-0.3, -0.25) is 0 Å². The van der Waals surface area contributed by atoms with Gasteiger partial charge in [0.25, 0.3) is 0 Å². The molecule has 0 aromatic heterocycles. The summed E-state index contributed by atoms with van der Waals surface area (Å²) in [7, 11) is 0. The van der Waals surface area contributed by atoms with E-state index in [0.717, 1.165) is 12.5 Å². The number of aryl methyl sites for hydroxylation is 1. The van der Waals surface area contributed by atoms with Crippen LogP contribution >= 0.6 is 15.9 Å². The van der Waals surface area contributed by atoms with Gasteiger partial charge < -0.3 is 5.32 Å². The lowest BCUT2D eigenvalue weighted by Gasteiger charge is -2.26. The highest BCUT2D eigenvalue weighted by atomic mass is 79.9. The molecule has 2 heteroatoms. The molecule has 1 N–H and O–H groups in total. The maximum atomic E-state index is 3.77. The van der Waals surface area contributed by atoms with Crippen molar-refractivity contribution in [1.29, 1.82) is 0 Å². The first-order valence-electron chi connectivity index (χ1n) is 7.21. The van der Waals surface area contributed by atoms with Crippen molar-refractivity contribution in [2.75, 3.05) is 6.54 Å². The zero-order valence-corrected chi connectivity index (χ0v) is 13.1. The maximum absolute atomic E-state index is 3.77. The molecule has 18 heavy (non-hydrogen) atoms. The summed E-state index contributed by atoms with van der Waals surface area (Å²) in [6.45, 7) is 5.53. The zero-order chi connectivity index (χ0) is 13.0. The van der Waals surface area contributed by atoms with Gasteiger partial charge in [-0.05, 0) is 50.3 Å². The lowest BCUT2D eigenvalue weighted by atomic mass is 9.90. The molecule has 1 aliphatic carbocycles. The van der Waals surface area contributed by atoms with Crippen molar-refractivity contribution in [3.05, 3.63) is 33.8 Å². The van der Waals surface area contributed by atoms with Crippen LogP contribution in [0.15, 0.2) is 22.7 Å². The van der Waals surface area contributed by atoms with Crippen LogP contribution in [0.5, 0.6) is 0 Å². The molecule has 1 aromatic carbocycles. The van der Waals surface area contributed by atoms with Gasteiger partial charge in [0, 0.05) is 10.5 Å². The summed E-state index contributed by atoms with van der Waals surface area (Å²) in [4.78, 5) is 0. The van der Waals surface area contributed by atoms with E-state index in [9.17, 15) is 0 Å². The fourth-order valence-electron chi connectivity index (χ4n) is 3.02. The van der Waals surface area contributed by atoms with E-state index in [-0.39, 0.29) is 0 Å². The Hall–Kier alpha value is -0.340. The minimum Gasteiger partial charge on any atom is -0.310 e. The molecule has 0 bridgehead atoms. The highest BCUT2D eigenvalue weighted by Crippen LogP contribution is 2.38. The Labute approximate surface area is 119 Å². The van der Waals surface area contributed by atoms with Crippen LogP contribution in [-0.4, -0.2) is 6.54 Å². The fraction of sp³-hybridized carbons (Fsp3) is 0.625. The maximum Gasteiger partial charge on any atom is 0.0359 e. The first-order valence-corrected chi connectivity index (χ1v) is 8.01. The van der Waals surface area contributed by atoms with E-state index in [1.165, 1.54) is 47.7 Å². The normalized spacial score (nSPS) is 18.2. The largest absolute Gasteiger partial charge is 0.310 e. The molecule has 1 aliphatic rings. The quantitative estimate of drug-likeness (QED) is 0.808. The van der Waals surface area contributed by atoms with Crippen LogP contribution in [0.1, 0.15) is 56.2 Å². The molecule has 0 heterocycles. The highest BCUT2D eigenvalue weighted by Gasteiger charge is 2.27. The van der Waals surface area contributed by atoms with Crippen LogP contribution in [0.2, 0.25) is 0 Å². The molecule has 1 aromatic rings. The standard InChI is InChI=1S/C16H24BrN/c1-3-10-18-16(13-6-4-5-7-13)14-11-12(2)8-9-15(14)17/h8-9,11,13,16,18H,3-7,10H2,1-2H3. The third-order valence-electron chi connectivity index (χ3n) is 3.97. The van der Waals surface area contributed by atoms with Crippen molar-refractivity contribution in [2.24, 2.45) is 5.92 Å². The lowest BCUT2D eigenvalue weighted by molar-refractivity contribution is 0.367. The second kappa shape index (κ2) is 6.72. The average molecular weight is 310 g/mol. The third kappa shape index (κ3) is 3.36. The Morgan fingerprint density at radius 3 is 2.72 bits per heavy atom. The SMILES string of the molecule is CCCNC(c1cc(C)ccc1Br)C1CCCC1. The van der Waals surface area contributed by atoms with Crippen LogP contribution in [0, 0.1) is 12.8 Å². The van der Waals surface area contributed by atoms with E-state index in [1.807, 2.05) is 0 Å². The van der Waals surface area contributed by atoms with Crippen LogP contribution in [-0.2, 0) is 0 Å². The molecule has 0 amide bonds. The Bertz CT molecular complexity index is 383. The molecule has 2 rings (SSSR count). The smallest absolute Gasteiger partial charge is 0.0359 e. The summed E-state index contributed by atoms with van der Waals surface area (Å²) in [6, 6.07) is 7.25. The van der Waals surface area contributed by atoms with Crippen LogP contribution in [0.4, 0.5) is 0 Å². The van der Waals surface area contributed by atoms with Gasteiger partial charge in [0.15, 0.2) is 0 Å². The van der Waals surface area contributed by atoms with E-state index in [0.29, 0.717) is 6.04 Å². The Morgan fingerprint density at radius 2 is 2.06 bits per heavy atom. The van der Waals surface area contributed by atoms with Crippen LogP contribution in [0.3, 0.4) is 0 Å². The molecule has 1 unspecified atom stereocenters. The predicted octanol–water partition coefficient (Wildman–Crippen LogP) is 4.99. The van der Waals surface area contributed by atoms with Crippen molar-refractivity contribution in [2.45, 2.75) is 52.0 Å². The van der Waals surface area contributed by atoms with E-state index in [2.05, 4.69) is 53.3 Å². The van der Waals surface area contributed by atoms with Gasteiger partial charge in [-0.1, -0.05) is 53.4 Å². The second-order valence-corrected chi connectivity index (χ2v) is 6.36. The first kappa shape index (κ1) is 14.1. The Morgan fingerprint density at radius 1 is 1.33 bits per heavy atom. The third-order valence-corrected chi connectivity index (χ3v) is 4.69. The van der Waals surface area contributed by atoms with Gasteiger partial charge in [-0.25, -0.2) is 0 Å². The van der Waals surface area contributed by atoms with Crippen molar-refractivity contribution in [3.8, 4) is 0 Å². The number of nitrogens with one attached hydrogen (secondary N) is 1. The summed E-state index contributed by atoms with van der Waals surface area (Å²) < 4.78 is 1.26. The molecule has 1 nitrogen and oxygen atoms in total. The molecule has 1 saturated carbocycles. The topological polar surface area (TPSA) is 12.0 Å². The molecule has 1 fully saturated rings. The molecule has 100 valence electrons. The van der Waals surface area contributed by atoms with Crippen molar-refractivity contribution >= 4 is 15.9 Å². The van der Waals surface area contributed by atoms with Crippen molar-refractivity contribution in [1.82, 2.24) is 5.32 Å². The summed E-state index contributed by atoms with van der Waals surface area (Å²) in [5, 5.41) is 3.77. The molecule has 0 aliphatic heterocycles. The fourth-order valence-corrected chi connectivity index (χ4v) is 3.52. The summed E-state index contributed by atoms with van der Waals surface area (Å²) >= 11 is 3.73. The molecule has 0 radical (unpaired) electrons. The minimum atomic E-state index is 0.529. The lowest BCUT2D eigenvalue weighted by Crippen LogP contribution is -2.28. The van der Waals surface area contributed by atoms with E-state index >= 15 is 0 Å². The van der Waals surface area contributed by atoms with E-state index in [4.69, 9.17) is 0 Å². The Balaban J connectivity index is 2.23. The zero-order valence-electron chi connectivity index (χ0n) is 11.5. The molecular formula is C16H24BrN. The minimum absolute atomic E-state index is 0.529. The number of hydrogen-bond acceptors (Lipinski definition) is 1. The van der Waals surface area contributed by atoms with E-state index in [1.54, 1.807) is 0 Å². The summed E-state index contributed by atoms with van der Waals surface area (Å²) in [5.41, 5.74) is 2.81. The number of halogens is 1. The van der Waals surface area contributed by atoms with E-state index < -0.39 is 0 Å². The molecule has 0 spiro atoms. The molecule has 0 saturated heterocycles. The first-order chi connectivity index (χ1) is 8.72. The average Bonchev–Trinajstić information content (AvgIpc) is 2.88. The predicted molar refractivity (Wildman–Crippen MR) is 81.9 cm³/mol. The van der Waals surface area contributed by atoms with Gasteiger partial charge >= 0.3 is 0 Å². The van der Waals surface area contributed by atoms with Gasteiger partial charge in [0.05, 0.1) is 0 Å². The van der Waals surface area contributed by atoms with Gasteiger partial charge in [0.2, 0.25) is 0 Å². The van der Waals surface area contributed by atoms with Gasteiger partial charge in [-0.2, -0.15) is 0 Å². The van der Waals surface area contributed by atoms with Gasteiger partial charge in [0.1, 0.15) is 0 Å². The second-order valence-electron chi connectivity index (χ2n) is 5.50. The monoisotopic (exact) mass is 309 g/mol. The Kier molecular flexibility index (Phi) is 5.25. The van der Waals surface area contributed by atoms with Crippen molar-refractivity contribution in [3.63, 3.8) is 0 Å². The van der Waals surface area contributed by atoms with Gasteiger partial charge in [-0.15, -0.1) is 0 Å². The number of hydrogen-bond donors (Lipinski definition) is 1. The van der Waals surface area contributed by atoms with Crippen LogP contribution in [0.25, 0.3) is 0 Å². The number of benzene rings is 1. The summed E-state index contributed by atoms with van der Waals surface area (Å²) in [5.74, 6) is 0.814. The molecular weight excluding hydrogens is 286 g/mol. The molecule has 1 atom stereocenters. The number of rotatable bonds is 5. The van der Waals surface area contributed by atoms with Crippen LogP contribution < -0.4 is 5.32 Å². The summed E-state index contributed by atoms with van der Waals surface area (Å²) in [6.07, 6.45) is 6.76.